The molecular formula is C14H26O8. The first-order valence-electron chi connectivity index (χ1n) is 7.61. The van der Waals surface area contributed by atoms with Crippen LogP contribution in [-0.2, 0) is 14.3 Å². The third kappa shape index (κ3) is 6.15. The second kappa shape index (κ2) is 10.1. The second-order valence-electron chi connectivity index (χ2n) is 5.48. The maximum absolute atomic E-state index is 10.3. The van der Waals surface area contributed by atoms with Gasteiger partial charge >= 0.3 is 5.97 Å². The Morgan fingerprint density at radius 2 is 1.59 bits per heavy atom. The average molecular weight is 322 g/mol. The van der Waals surface area contributed by atoms with Crippen LogP contribution in [0, 0.1) is 0 Å². The van der Waals surface area contributed by atoms with Gasteiger partial charge < -0.3 is 35.0 Å². The molecular weight excluding hydrogens is 296 g/mol. The van der Waals surface area contributed by atoms with Crippen LogP contribution in [0.25, 0.3) is 0 Å². The molecule has 0 bridgehead atoms. The zero-order valence-electron chi connectivity index (χ0n) is 12.5. The summed E-state index contributed by atoms with van der Waals surface area (Å²) < 4.78 is 10.5. The van der Waals surface area contributed by atoms with Crippen LogP contribution < -0.4 is 0 Å². The largest absolute Gasteiger partial charge is 0.481 e. The molecule has 0 saturated carbocycles. The Balaban J connectivity index is 2.14. The lowest BCUT2D eigenvalue weighted by molar-refractivity contribution is -0.301. The van der Waals surface area contributed by atoms with Crippen LogP contribution in [0.5, 0.6) is 0 Å². The molecule has 0 aromatic carbocycles. The molecule has 0 amide bonds. The monoisotopic (exact) mass is 322 g/mol. The number of aliphatic hydroxyl groups is 4. The minimum absolute atomic E-state index is 0.182. The van der Waals surface area contributed by atoms with Crippen LogP contribution in [0.3, 0.4) is 0 Å². The summed E-state index contributed by atoms with van der Waals surface area (Å²) in [6.45, 7) is -0.171. The summed E-state index contributed by atoms with van der Waals surface area (Å²) in [6, 6.07) is 0. The Morgan fingerprint density at radius 3 is 2.23 bits per heavy atom. The zero-order chi connectivity index (χ0) is 16.5. The Hall–Kier alpha value is -0.770. The van der Waals surface area contributed by atoms with Crippen molar-refractivity contribution in [1.82, 2.24) is 0 Å². The maximum atomic E-state index is 10.3. The summed E-state index contributed by atoms with van der Waals surface area (Å²) in [5, 5.41) is 46.5. The van der Waals surface area contributed by atoms with Gasteiger partial charge in [-0.15, -0.1) is 0 Å². The van der Waals surface area contributed by atoms with Gasteiger partial charge in [-0.05, 0) is 12.8 Å². The molecule has 1 heterocycles. The van der Waals surface area contributed by atoms with Crippen molar-refractivity contribution < 1.29 is 39.8 Å². The standard InChI is InChI=1S/C14H26O8/c15-8-9-11(18)12(19)13(20)14(22-9)21-7-5-3-1-2-4-6-10(16)17/h9,11-15,18-20H,1-8H2,(H,16,17)/t9-,11-,12+,13-,14-/m1/s1. The smallest absolute Gasteiger partial charge is 0.303 e. The molecule has 1 rings (SSSR count). The van der Waals surface area contributed by atoms with Crippen LogP contribution in [0.1, 0.15) is 38.5 Å². The van der Waals surface area contributed by atoms with E-state index in [1.54, 1.807) is 0 Å². The van der Waals surface area contributed by atoms with E-state index in [-0.39, 0.29) is 6.42 Å². The Kier molecular flexibility index (Phi) is 8.84. The van der Waals surface area contributed by atoms with Crippen LogP contribution in [0.2, 0.25) is 0 Å². The van der Waals surface area contributed by atoms with E-state index in [2.05, 4.69) is 0 Å². The fourth-order valence-electron chi connectivity index (χ4n) is 2.31. The van der Waals surface area contributed by atoms with Crippen molar-refractivity contribution in [1.29, 1.82) is 0 Å². The minimum atomic E-state index is -1.42. The molecule has 0 aromatic rings. The third-order valence-electron chi connectivity index (χ3n) is 3.67. The lowest BCUT2D eigenvalue weighted by Gasteiger charge is -2.39. The van der Waals surface area contributed by atoms with E-state index in [1.807, 2.05) is 0 Å². The van der Waals surface area contributed by atoms with Gasteiger partial charge in [0.15, 0.2) is 6.29 Å². The molecule has 1 fully saturated rings. The molecule has 8 nitrogen and oxygen atoms in total. The van der Waals surface area contributed by atoms with E-state index in [0.29, 0.717) is 19.4 Å². The number of aliphatic carboxylic acids is 1. The Bertz CT molecular complexity index is 322. The van der Waals surface area contributed by atoms with Gasteiger partial charge in [0.05, 0.1) is 6.61 Å². The van der Waals surface area contributed by atoms with Gasteiger partial charge in [-0.25, -0.2) is 0 Å². The van der Waals surface area contributed by atoms with Gasteiger partial charge in [0.25, 0.3) is 0 Å². The molecule has 1 aliphatic rings. The number of unbranched alkanes of at least 4 members (excludes halogenated alkanes) is 4. The summed E-state index contributed by atoms with van der Waals surface area (Å²) in [6.07, 6.45) is -2.07. The average Bonchev–Trinajstić information content (AvgIpc) is 2.49. The Morgan fingerprint density at radius 1 is 0.955 bits per heavy atom. The number of carboxylic acids is 1. The van der Waals surface area contributed by atoms with Crippen molar-refractivity contribution >= 4 is 5.97 Å². The second-order valence-corrected chi connectivity index (χ2v) is 5.48. The molecule has 1 aliphatic heterocycles. The van der Waals surface area contributed by atoms with Gasteiger partial charge in [-0.2, -0.15) is 0 Å². The van der Waals surface area contributed by atoms with Crippen molar-refractivity contribution in [2.45, 2.75) is 69.2 Å². The molecule has 0 unspecified atom stereocenters. The molecule has 1 saturated heterocycles. The van der Waals surface area contributed by atoms with Gasteiger partial charge in [0, 0.05) is 13.0 Å². The summed E-state index contributed by atoms with van der Waals surface area (Å²) in [7, 11) is 0. The molecule has 0 aromatic heterocycles. The normalized spacial score (nSPS) is 32.1. The van der Waals surface area contributed by atoms with Crippen LogP contribution in [0.4, 0.5) is 0 Å². The zero-order valence-corrected chi connectivity index (χ0v) is 12.5. The number of carboxylic acid groups (broad SMARTS) is 1. The first kappa shape index (κ1) is 19.3. The topological polar surface area (TPSA) is 137 Å². The van der Waals surface area contributed by atoms with E-state index in [1.165, 1.54) is 0 Å². The van der Waals surface area contributed by atoms with E-state index in [0.717, 1.165) is 19.3 Å². The predicted octanol–water partition coefficient (Wildman–Crippen LogP) is -0.772. The van der Waals surface area contributed by atoms with Crippen molar-refractivity contribution in [3.63, 3.8) is 0 Å². The fourth-order valence-corrected chi connectivity index (χ4v) is 2.31. The first-order chi connectivity index (χ1) is 10.5. The highest BCUT2D eigenvalue weighted by molar-refractivity contribution is 5.66. The number of hydrogen-bond acceptors (Lipinski definition) is 7. The summed E-state index contributed by atoms with van der Waals surface area (Å²) >= 11 is 0. The molecule has 8 heteroatoms. The van der Waals surface area contributed by atoms with E-state index < -0.39 is 43.3 Å². The van der Waals surface area contributed by atoms with Crippen LogP contribution in [-0.4, -0.2) is 75.4 Å². The minimum Gasteiger partial charge on any atom is -0.481 e. The van der Waals surface area contributed by atoms with Gasteiger partial charge in [-0.1, -0.05) is 19.3 Å². The quantitative estimate of drug-likeness (QED) is 0.331. The number of hydrogen-bond donors (Lipinski definition) is 5. The third-order valence-corrected chi connectivity index (χ3v) is 3.67. The van der Waals surface area contributed by atoms with Crippen molar-refractivity contribution in [2.75, 3.05) is 13.2 Å². The maximum Gasteiger partial charge on any atom is 0.303 e. The van der Waals surface area contributed by atoms with Crippen molar-refractivity contribution in [3.05, 3.63) is 0 Å². The lowest BCUT2D eigenvalue weighted by atomic mass is 9.99. The highest BCUT2D eigenvalue weighted by Gasteiger charge is 2.43. The highest BCUT2D eigenvalue weighted by atomic mass is 16.7. The van der Waals surface area contributed by atoms with E-state index in [9.17, 15) is 20.1 Å². The van der Waals surface area contributed by atoms with Crippen LogP contribution in [0.15, 0.2) is 0 Å². The molecule has 0 aliphatic carbocycles. The Labute approximate surface area is 129 Å². The number of carbonyl (C=O) groups is 1. The SMILES string of the molecule is O=C(O)CCCCCCCO[C@@H]1O[C@H](CO)[C@@H](O)[C@H](O)[C@H]1O. The molecule has 0 spiro atoms. The van der Waals surface area contributed by atoms with E-state index in [4.69, 9.17) is 19.7 Å². The highest BCUT2D eigenvalue weighted by Crippen LogP contribution is 2.22. The van der Waals surface area contributed by atoms with E-state index >= 15 is 0 Å². The summed E-state index contributed by atoms with van der Waals surface area (Å²) in [5.74, 6) is -0.786. The number of rotatable bonds is 10. The number of ether oxygens (including phenoxy) is 2. The molecule has 5 atom stereocenters. The molecule has 0 radical (unpaired) electrons. The molecule has 22 heavy (non-hydrogen) atoms. The summed E-state index contributed by atoms with van der Waals surface area (Å²) in [5.41, 5.74) is 0. The number of aliphatic hydroxyl groups excluding tert-OH is 4. The fraction of sp³-hybridized carbons (Fsp3) is 0.929. The van der Waals surface area contributed by atoms with Gasteiger partial charge in [0.1, 0.15) is 24.4 Å². The van der Waals surface area contributed by atoms with Gasteiger partial charge in [0.2, 0.25) is 0 Å². The lowest BCUT2D eigenvalue weighted by Crippen LogP contribution is -2.59. The van der Waals surface area contributed by atoms with Crippen molar-refractivity contribution in [3.8, 4) is 0 Å². The van der Waals surface area contributed by atoms with Gasteiger partial charge in [-0.3, -0.25) is 4.79 Å². The predicted molar refractivity (Wildman–Crippen MR) is 75.1 cm³/mol. The first-order valence-corrected chi connectivity index (χ1v) is 7.61. The summed E-state index contributed by atoms with van der Waals surface area (Å²) in [4.78, 5) is 10.3. The molecule has 130 valence electrons. The van der Waals surface area contributed by atoms with Crippen LogP contribution >= 0.6 is 0 Å². The molecule has 5 N–H and O–H groups in total. The van der Waals surface area contributed by atoms with Crippen molar-refractivity contribution in [2.24, 2.45) is 0 Å².